The predicted octanol–water partition coefficient (Wildman–Crippen LogP) is 4.39. The molecule has 2 aromatic carbocycles. The first-order valence-electron chi connectivity index (χ1n) is 7.27. The van der Waals surface area contributed by atoms with E-state index in [0.29, 0.717) is 16.1 Å². The van der Waals surface area contributed by atoms with E-state index in [1.807, 2.05) is 6.07 Å². The maximum absolute atomic E-state index is 12.0. The van der Waals surface area contributed by atoms with Crippen molar-refractivity contribution in [2.45, 2.75) is 0 Å². The van der Waals surface area contributed by atoms with Crippen LogP contribution in [0, 0.1) is 0 Å². The number of nitrogens with zero attached hydrogens (tertiary/aromatic N) is 2. The summed E-state index contributed by atoms with van der Waals surface area (Å²) in [4.78, 5) is 32.3. The molecular weight excluding hydrogens is 401 g/mol. The molecule has 0 saturated heterocycles. The lowest BCUT2D eigenvalue weighted by molar-refractivity contribution is -0.119. The molecule has 0 atom stereocenters. The van der Waals surface area contributed by atoms with Gasteiger partial charge in [0.15, 0.2) is 12.3 Å². The number of halogens is 3. The Morgan fingerprint density at radius 2 is 1.69 bits per heavy atom. The zero-order valence-electron chi connectivity index (χ0n) is 13.0. The van der Waals surface area contributed by atoms with Gasteiger partial charge in [-0.15, -0.1) is 0 Å². The minimum atomic E-state index is -0.772. The van der Waals surface area contributed by atoms with E-state index in [0.717, 1.165) is 0 Å². The van der Waals surface area contributed by atoms with Gasteiger partial charge in [0.25, 0.3) is 5.91 Å². The summed E-state index contributed by atoms with van der Waals surface area (Å²) in [6.45, 7) is -0.539. The van der Waals surface area contributed by atoms with Crippen LogP contribution in [0.2, 0.25) is 15.1 Å². The van der Waals surface area contributed by atoms with Gasteiger partial charge in [0.2, 0.25) is 0 Å². The number of esters is 1. The lowest BCUT2D eigenvalue weighted by Crippen LogP contribution is -2.21. The molecule has 1 amide bonds. The van der Waals surface area contributed by atoms with Gasteiger partial charge in [-0.05, 0) is 24.3 Å². The highest BCUT2D eigenvalue weighted by atomic mass is 35.5. The second-order valence-electron chi connectivity index (χ2n) is 5.11. The highest BCUT2D eigenvalue weighted by Crippen LogP contribution is 2.33. The number of anilines is 1. The number of hydrogen-bond donors (Lipinski definition) is 1. The van der Waals surface area contributed by atoms with Crippen LogP contribution in [-0.2, 0) is 9.53 Å². The Labute approximate surface area is 163 Å². The van der Waals surface area contributed by atoms with E-state index in [-0.39, 0.29) is 21.4 Å². The Morgan fingerprint density at radius 1 is 1.04 bits per heavy atom. The molecule has 0 bridgehead atoms. The Morgan fingerprint density at radius 3 is 2.38 bits per heavy atom. The Balaban J connectivity index is 1.64. The molecule has 132 valence electrons. The highest BCUT2D eigenvalue weighted by molar-refractivity contribution is 6.42. The molecule has 0 aliphatic carbocycles. The molecule has 0 fully saturated rings. The summed E-state index contributed by atoms with van der Waals surface area (Å²) in [5, 5.41) is 3.14. The first-order chi connectivity index (χ1) is 12.4. The minimum Gasteiger partial charge on any atom is -0.451 e. The van der Waals surface area contributed by atoms with Crippen molar-refractivity contribution in [1.29, 1.82) is 0 Å². The minimum absolute atomic E-state index is 0.000872. The fourth-order valence-electron chi connectivity index (χ4n) is 2.10. The molecule has 0 spiro atoms. The Hall–Kier alpha value is -2.41. The summed E-state index contributed by atoms with van der Waals surface area (Å²) in [6.07, 6.45) is 1.29. The monoisotopic (exact) mass is 409 g/mol. The molecular formula is C17H10Cl3N3O3. The maximum atomic E-state index is 12.0. The molecule has 9 heteroatoms. The number of carbonyl (C=O) groups is 2. The van der Waals surface area contributed by atoms with Crippen LogP contribution in [-0.4, -0.2) is 28.5 Å². The maximum Gasteiger partial charge on any atom is 0.359 e. The number of para-hydroxylation sites is 2. The topological polar surface area (TPSA) is 81.2 Å². The van der Waals surface area contributed by atoms with E-state index in [1.165, 1.54) is 18.3 Å². The second-order valence-corrected chi connectivity index (χ2v) is 6.36. The molecule has 0 aliphatic rings. The number of aromatic nitrogens is 2. The molecule has 3 aromatic rings. The van der Waals surface area contributed by atoms with Gasteiger partial charge in [0, 0.05) is 5.02 Å². The molecule has 1 aromatic heterocycles. The van der Waals surface area contributed by atoms with Crippen molar-refractivity contribution in [3.05, 3.63) is 63.4 Å². The SMILES string of the molecule is O=C(COC(=O)c1cnc2ccccc2n1)Nc1c(Cl)cc(Cl)cc1Cl. The average Bonchev–Trinajstić information content (AvgIpc) is 2.62. The molecule has 0 unspecified atom stereocenters. The number of rotatable bonds is 4. The van der Waals surface area contributed by atoms with Crippen molar-refractivity contribution in [2.24, 2.45) is 0 Å². The number of hydrogen-bond acceptors (Lipinski definition) is 5. The summed E-state index contributed by atoms with van der Waals surface area (Å²) < 4.78 is 4.95. The van der Waals surface area contributed by atoms with Crippen LogP contribution < -0.4 is 5.32 Å². The Bertz CT molecular complexity index is 988. The number of amides is 1. The summed E-state index contributed by atoms with van der Waals surface area (Å²) in [5.41, 5.74) is 1.38. The van der Waals surface area contributed by atoms with Crippen molar-refractivity contribution >= 4 is 63.4 Å². The van der Waals surface area contributed by atoms with E-state index in [1.54, 1.807) is 18.2 Å². The lowest BCUT2D eigenvalue weighted by Gasteiger charge is -2.10. The Kier molecular flexibility index (Phi) is 5.56. The first kappa shape index (κ1) is 18.4. The molecule has 0 saturated carbocycles. The molecule has 1 heterocycles. The van der Waals surface area contributed by atoms with Gasteiger partial charge in [-0.3, -0.25) is 9.78 Å². The van der Waals surface area contributed by atoms with Gasteiger partial charge in [-0.1, -0.05) is 46.9 Å². The van der Waals surface area contributed by atoms with Crippen LogP contribution in [0.25, 0.3) is 11.0 Å². The zero-order valence-corrected chi connectivity index (χ0v) is 15.3. The van der Waals surface area contributed by atoms with Crippen LogP contribution in [0.15, 0.2) is 42.6 Å². The molecule has 1 N–H and O–H groups in total. The zero-order chi connectivity index (χ0) is 18.7. The van der Waals surface area contributed by atoms with Crippen LogP contribution in [0.1, 0.15) is 10.5 Å². The van der Waals surface area contributed by atoms with Gasteiger partial charge in [0.05, 0.1) is 33.0 Å². The fourth-order valence-corrected chi connectivity index (χ4v) is 3.01. The van der Waals surface area contributed by atoms with Crippen LogP contribution in [0.5, 0.6) is 0 Å². The summed E-state index contributed by atoms with van der Waals surface area (Å²) in [6, 6.07) is 9.94. The number of carbonyl (C=O) groups excluding carboxylic acids is 2. The van der Waals surface area contributed by atoms with Gasteiger partial charge in [-0.2, -0.15) is 0 Å². The summed E-state index contributed by atoms with van der Waals surface area (Å²) >= 11 is 17.8. The van der Waals surface area contributed by atoms with Crippen molar-refractivity contribution in [2.75, 3.05) is 11.9 Å². The number of benzene rings is 2. The standard InChI is InChI=1S/C17H10Cl3N3O3/c18-9-5-10(19)16(11(20)6-9)23-15(24)8-26-17(25)14-7-21-12-3-1-2-4-13(12)22-14/h1-7H,8H2,(H,23,24). The summed E-state index contributed by atoms with van der Waals surface area (Å²) in [5.74, 6) is -1.38. The molecule has 3 rings (SSSR count). The lowest BCUT2D eigenvalue weighted by atomic mass is 10.3. The van der Waals surface area contributed by atoms with Crippen LogP contribution in [0.4, 0.5) is 5.69 Å². The third kappa shape index (κ3) is 4.22. The van der Waals surface area contributed by atoms with Gasteiger partial charge < -0.3 is 10.1 Å². The normalized spacial score (nSPS) is 10.6. The second kappa shape index (κ2) is 7.86. The predicted molar refractivity (Wildman–Crippen MR) is 99.9 cm³/mol. The van der Waals surface area contributed by atoms with E-state index in [4.69, 9.17) is 39.5 Å². The number of fused-ring (bicyclic) bond motifs is 1. The third-order valence-electron chi connectivity index (χ3n) is 3.26. The quantitative estimate of drug-likeness (QED) is 0.645. The smallest absolute Gasteiger partial charge is 0.359 e. The van der Waals surface area contributed by atoms with Crippen molar-refractivity contribution in [3.8, 4) is 0 Å². The highest BCUT2D eigenvalue weighted by Gasteiger charge is 2.15. The van der Waals surface area contributed by atoms with Crippen molar-refractivity contribution in [1.82, 2.24) is 9.97 Å². The molecule has 0 aliphatic heterocycles. The fraction of sp³-hybridized carbons (Fsp3) is 0.0588. The van der Waals surface area contributed by atoms with Gasteiger partial charge in [-0.25, -0.2) is 9.78 Å². The molecule has 6 nitrogen and oxygen atoms in total. The van der Waals surface area contributed by atoms with Gasteiger partial charge >= 0.3 is 5.97 Å². The van der Waals surface area contributed by atoms with Crippen LogP contribution in [0.3, 0.4) is 0 Å². The van der Waals surface area contributed by atoms with E-state index in [2.05, 4.69) is 15.3 Å². The first-order valence-corrected chi connectivity index (χ1v) is 8.41. The molecule has 0 radical (unpaired) electrons. The number of ether oxygens (including phenoxy) is 1. The average molecular weight is 411 g/mol. The van der Waals surface area contributed by atoms with E-state index >= 15 is 0 Å². The van der Waals surface area contributed by atoms with Gasteiger partial charge in [0.1, 0.15) is 0 Å². The van der Waals surface area contributed by atoms with E-state index in [9.17, 15) is 9.59 Å². The third-order valence-corrected chi connectivity index (χ3v) is 4.08. The summed E-state index contributed by atoms with van der Waals surface area (Å²) in [7, 11) is 0. The van der Waals surface area contributed by atoms with Crippen molar-refractivity contribution < 1.29 is 14.3 Å². The van der Waals surface area contributed by atoms with Crippen molar-refractivity contribution in [3.63, 3.8) is 0 Å². The van der Waals surface area contributed by atoms with E-state index < -0.39 is 18.5 Å². The van der Waals surface area contributed by atoms with Crippen LogP contribution >= 0.6 is 34.8 Å². The number of nitrogens with one attached hydrogen (secondary N) is 1. The molecule has 26 heavy (non-hydrogen) atoms. The largest absolute Gasteiger partial charge is 0.451 e.